The Bertz CT molecular complexity index is 319. The molecule has 1 aromatic rings. The van der Waals surface area contributed by atoms with E-state index in [1.807, 2.05) is 6.07 Å². The van der Waals surface area contributed by atoms with Crippen molar-refractivity contribution in [2.45, 2.75) is 44.6 Å². The predicted molar refractivity (Wildman–Crippen MR) is 58.2 cm³/mol. The van der Waals surface area contributed by atoms with Gasteiger partial charge in [0.25, 0.3) is 0 Å². The van der Waals surface area contributed by atoms with Crippen molar-refractivity contribution in [3.63, 3.8) is 0 Å². The van der Waals surface area contributed by atoms with Gasteiger partial charge in [-0.1, -0.05) is 31.2 Å². The maximum atomic E-state index is 10.5. The third-order valence-corrected chi connectivity index (χ3v) is 3.39. The summed E-state index contributed by atoms with van der Waals surface area (Å²) in [5, 5.41) is 10.5. The smallest absolute Gasteiger partial charge is 0.0896 e. The Balaban J connectivity index is 2.47. The van der Waals surface area contributed by atoms with Crippen LogP contribution in [0.3, 0.4) is 0 Å². The minimum Gasteiger partial charge on any atom is -0.385 e. The SMILES string of the molecule is CC[C@]1(O)CCCCc2ccccc21. The summed E-state index contributed by atoms with van der Waals surface area (Å²) < 4.78 is 0. The van der Waals surface area contributed by atoms with Crippen LogP contribution in [0.4, 0.5) is 0 Å². The average Bonchev–Trinajstić information content (AvgIpc) is 2.40. The minimum absolute atomic E-state index is 0.562. The third-order valence-electron chi connectivity index (χ3n) is 3.39. The number of hydrogen-bond donors (Lipinski definition) is 1. The molecule has 0 bridgehead atoms. The van der Waals surface area contributed by atoms with Gasteiger partial charge < -0.3 is 5.11 Å². The Hall–Kier alpha value is -0.820. The van der Waals surface area contributed by atoms with Crippen molar-refractivity contribution in [1.82, 2.24) is 0 Å². The van der Waals surface area contributed by atoms with Gasteiger partial charge in [0.05, 0.1) is 5.60 Å². The molecule has 0 saturated heterocycles. The second kappa shape index (κ2) is 3.74. The highest BCUT2D eigenvalue weighted by atomic mass is 16.3. The van der Waals surface area contributed by atoms with Crippen molar-refractivity contribution in [3.05, 3.63) is 35.4 Å². The van der Waals surface area contributed by atoms with Crippen LogP contribution in [-0.4, -0.2) is 5.11 Å². The highest BCUT2D eigenvalue weighted by Crippen LogP contribution is 2.36. The zero-order valence-corrected chi connectivity index (χ0v) is 8.79. The van der Waals surface area contributed by atoms with Gasteiger partial charge in [0.2, 0.25) is 0 Å². The van der Waals surface area contributed by atoms with Crippen LogP contribution in [0.5, 0.6) is 0 Å². The highest BCUT2D eigenvalue weighted by Gasteiger charge is 2.30. The Kier molecular flexibility index (Phi) is 2.60. The Morgan fingerprint density at radius 2 is 2.07 bits per heavy atom. The van der Waals surface area contributed by atoms with Crippen LogP contribution in [0, 0.1) is 0 Å². The van der Waals surface area contributed by atoms with Crippen molar-refractivity contribution in [2.75, 3.05) is 0 Å². The molecule has 1 aliphatic rings. The monoisotopic (exact) mass is 190 g/mol. The molecule has 0 unspecified atom stereocenters. The molecule has 2 rings (SSSR count). The lowest BCUT2D eigenvalue weighted by Gasteiger charge is -2.27. The fraction of sp³-hybridized carbons (Fsp3) is 0.538. The van der Waals surface area contributed by atoms with Crippen LogP contribution in [-0.2, 0) is 12.0 Å². The van der Waals surface area contributed by atoms with E-state index >= 15 is 0 Å². The fourth-order valence-corrected chi connectivity index (χ4v) is 2.43. The zero-order valence-electron chi connectivity index (χ0n) is 8.79. The second-order valence-electron chi connectivity index (χ2n) is 4.25. The summed E-state index contributed by atoms with van der Waals surface area (Å²) in [4.78, 5) is 0. The number of aliphatic hydroxyl groups is 1. The summed E-state index contributed by atoms with van der Waals surface area (Å²) >= 11 is 0. The van der Waals surface area contributed by atoms with Crippen LogP contribution in [0.2, 0.25) is 0 Å². The molecule has 1 atom stereocenters. The first-order valence-corrected chi connectivity index (χ1v) is 5.57. The lowest BCUT2D eigenvalue weighted by atomic mass is 9.86. The van der Waals surface area contributed by atoms with Gasteiger partial charge in [-0.25, -0.2) is 0 Å². The summed E-state index contributed by atoms with van der Waals surface area (Å²) in [5.41, 5.74) is 1.95. The van der Waals surface area contributed by atoms with Crippen molar-refractivity contribution < 1.29 is 5.11 Å². The maximum absolute atomic E-state index is 10.5. The molecule has 76 valence electrons. The first-order valence-electron chi connectivity index (χ1n) is 5.57. The van der Waals surface area contributed by atoms with E-state index in [0.29, 0.717) is 0 Å². The van der Waals surface area contributed by atoms with Crippen molar-refractivity contribution in [3.8, 4) is 0 Å². The van der Waals surface area contributed by atoms with Crippen LogP contribution < -0.4 is 0 Å². The predicted octanol–water partition coefficient (Wildman–Crippen LogP) is 3.01. The summed E-state index contributed by atoms with van der Waals surface area (Å²) in [5.74, 6) is 0. The van der Waals surface area contributed by atoms with Gasteiger partial charge in [-0.15, -0.1) is 0 Å². The van der Waals surface area contributed by atoms with Crippen LogP contribution in [0.15, 0.2) is 24.3 Å². The van der Waals surface area contributed by atoms with E-state index < -0.39 is 5.60 Å². The Labute approximate surface area is 85.8 Å². The van der Waals surface area contributed by atoms with Crippen molar-refractivity contribution >= 4 is 0 Å². The molecule has 1 aliphatic carbocycles. The lowest BCUT2D eigenvalue weighted by molar-refractivity contribution is 0.0229. The molecule has 0 amide bonds. The average molecular weight is 190 g/mol. The first-order chi connectivity index (χ1) is 6.76. The van der Waals surface area contributed by atoms with Crippen LogP contribution in [0.1, 0.15) is 43.7 Å². The molecule has 14 heavy (non-hydrogen) atoms. The highest BCUT2D eigenvalue weighted by molar-refractivity contribution is 5.33. The summed E-state index contributed by atoms with van der Waals surface area (Å²) in [6, 6.07) is 8.34. The molecule has 1 aromatic carbocycles. The maximum Gasteiger partial charge on any atom is 0.0896 e. The lowest BCUT2D eigenvalue weighted by Crippen LogP contribution is -2.24. The topological polar surface area (TPSA) is 20.2 Å². The number of aryl methyl sites for hydroxylation is 1. The molecule has 0 saturated carbocycles. The quantitative estimate of drug-likeness (QED) is 0.675. The van der Waals surface area contributed by atoms with Gasteiger partial charge in [-0.2, -0.15) is 0 Å². The first kappa shape index (κ1) is 9.72. The largest absolute Gasteiger partial charge is 0.385 e. The van der Waals surface area contributed by atoms with E-state index in [4.69, 9.17) is 0 Å². The second-order valence-corrected chi connectivity index (χ2v) is 4.25. The minimum atomic E-state index is -0.562. The van der Waals surface area contributed by atoms with Gasteiger partial charge in [-0.3, -0.25) is 0 Å². The molecule has 0 spiro atoms. The molecule has 0 fully saturated rings. The summed E-state index contributed by atoms with van der Waals surface area (Å²) in [7, 11) is 0. The van der Waals surface area contributed by atoms with E-state index in [-0.39, 0.29) is 0 Å². The van der Waals surface area contributed by atoms with Crippen LogP contribution >= 0.6 is 0 Å². The number of rotatable bonds is 1. The number of benzene rings is 1. The normalized spacial score (nSPS) is 26.7. The van der Waals surface area contributed by atoms with E-state index in [1.165, 1.54) is 17.5 Å². The van der Waals surface area contributed by atoms with Gasteiger partial charge in [-0.05, 0) is 43.2 Å². The molecule has 0 aliphatic heterocycles. The third kappa shape index (κ3) is 1.57. The van der Waals surface area contributed by atoms with Gasteiger partial charge in [0.15, 0.2) is 0 Å². The molecule has 1 nitrogen and oxygen atoms in total. The number of hydrogen-bond acceptors (Lipinski definition) is 1. The van der Waals surface area contributed by atoms with Gasteiger partial charge >= 0.3 is 0 Å². The van der Waals surface area contributed by atoms with Gasteiger partial charge in [0, 0.05) is 0 Å². The Morgan fingerprint density at radius 3 is 2.86 bits per heavy atom. The van der Waals surface area contributed by atoms with E-state index in [1.54, 1.807) is 0 Å². The molecule has 0 aromatic heterocycles. The zero-order chi connectivity index (χ0) is 10.0. The van der Waals surface area contributed by atoms with E-state index in [2.05, 4.69) is 25.1 Å². The fourth-order valence-electron chi connectivity index (χ4n) is 2.43. The molecule has 1 heteroatoms. The molecular formula is C13H18O. The van der Waals surface area contributed by atoms with Gasteiger partial charge in [0.1, 0.15) is 0 Å². The van der Waals surface area contributed by atoms with Crippen molar-refractivity contribution in [1.29, 1.82) is 0 Å². The van der Waals surface area contributed by atoms with Crippen LogP contribution in [0.25, 0.3) is 0 Å². The van der Waals surface area contributed by atoms with E-state index in [0.717, 1.165) is 25.7 Å². The molecule has 0 radical (unpaired) electrons. The molecule has 0 heterocycles. The molecule has 1 N–H and O–H groups in total. The van der Waals surface area contributed by atoms with Crippen molar-refractivity contribution in [2.24, 2.45) is 0 Å². The molecular weight excluding hydrogens is 172 g/mol. The summed E-state index contributed by atoms with van der Waals surface area (Å²) in [6.45, 7) is 2.07. The Morgan fingerprint density at radius 1 is 1.29 bits per heavy atom. The summed E-state index contributed by atoms with van der Waals surface area (Å²) in [6.07, 6.45) is 5.21. The van der Waals surface area contributed by atoms with E-state index in [9.17, 15) is 5.11 Å². The number of fused-ring (bicyclic) bond motifs is 1. The standard InChI is InChI=1S/C13H18O/c1-2-13(14)10-6-5-8-11-7-3-4-9-12(11)13/h3-4,7,9,14H,2,5-6,8,10H2,1H3/t13-/m0/s1.